The molecule has 0 aromatic heterocycles. The van der Waals surface area contributed by atoms with Crippen molar-refractivity contribution in [2.24, 2.45) is 5.92 Å². The number of nitrogens with zero attached hydrogens (tertiary/aromatic N) is 1. The van der Waals surface area contributed by atoms with Gasteiger partial charge < -0.3 is 9.64 Å². The van der Waals surface area contributed by atoms with Gasteiger partial charge in [-0.15, -0.1) is 0 Å². The van der Waals surface area contributed by atoms with Crippen molar-refractivity contribution in [1.82, 2.24) is 4.90 Å². The number of amides is 1. The highest BCUT2D eigenvalue weighted by Gasteiger charge is 2.29. The van der Waals surface area contributed by atoms with Crippen molar-refractivity contribution in [3.63, 3.8) is 0 Å². The Hall–Kier alpha value is -1.68. The second-order valence-electron chi connectivity index (χ2n) is 6.70. The Bertz CT molecular complexity index is 599. The van der Waals surface area contributed by atoms with Gasteiger partial charge in [-0.2, -0.15) is 0 Å². The summed E-state index contributed by atoms with van der Waals surface area (Å²) in [5.74, 6) is -0.0481. The predicted molar refractivity (Wildman–Crippen MR) is 90.5 cm³/mol. The summed E-state index contributed by atoms with van der Waals surface area (Å²) < 4.78 is 19.0. The summed E-state index contributed by atoms with van der Waals surface area (Å²) in [7, 11) is 0. The molecule has 0 bridgehead atoms. The molecule has 1 aliphatic rings. The Balaban J connectivity index is 2.34. The third kappa shape index (κ3) is 3.99. The van der Waals surface area contributed by atoms with Crippen molar-refractivity contribution >= 4 is 11.5 Å². The Morgan fingerprint density at radius 1 is 1.30 bits per heavy atom. The quantitative estimate of drug-likeness (QED) is 0.793. The van der Waals surface area contributed by atoms with Gasteiger partial charge in [0, 0.05) is 6.08 Å². The van der Waals surface area contributed by atoms with Crippen LogP contribution >= 0.6 is 0 Å². The molecule has 2 rings (SSSR count). The van der Waals surface area contributed by atoms with Crippen LogP contribution in [0.4, 0.5) is 4.39 Å². The first kappa shape index (κ1) is 17.7. The van der Waals surface area contributed by atoms with Gasteiger partial charge in [-0.05, 0) is 55.5 Å². The van der Waals surface area contributed by atoms with Crippen LogP contribution in [0.25, 0.3) is 5.57 Å². The smallest absolute Gasteiger partial charge is 0.247 e. The normalized spacial score (nSPS) is 22.6. The van der Waals surface area contributed by atoms with Crippen LogP contribution in [0.5, 0.6) is 0 Å². The summed E-state index contributed by atoms with van der Waals surface area (Å²) in [6, 6.07) is 5.14. The molecule has 0 radical (unpaired) electrons. The molecule has 0 N–H and O–H groups in total. The zero-order chi connectivity index (χ0) is 17.1. The number of halogens is 1. The largest absolute Gasteiger partial charge is 0.377 e. The molecule has 1 aromatic rings. The molecule has 3 nitrogen and oxygen atoms in total. The van der Waals surface area contributed by atoms with E-state index < -0.39 is 0 Å². The molecule has 0 spiro atoms. The summed E-state index contributed by atoms with van der Waals surface area (Å²) >= 11 is 0. The van der Waals surface area contributed by atoms with E-state index in [1.165, 1.54) is 6.07 Å². The zero-order valence-electron chi connectivity index (χ0n) is 14.6. The molecule has 0 saturated carbocycles. The molecule has 1 aliphatic heterocycles. The van der Waals surface area contributed by atoms with Gasteiger partial charge in [0.2, 0.25) is 5.91 Å². The van der Waals surface area contributed by atoms with Crippen molar-refractivity contribution in [2.75, 3.05) is 13.2 Å². The SMILES string of the molecule is Cc1cc(/C(=C/C(=O)N2C(C)COCC2C)C(C)C)ccc1F. The number of hydrogen-bond acceptors (Lipinski definition) is 2. The van der Waals surface area contributed by atoms with Crippen LogP contribution in [-0.4, -0.2) is 36.1 Å². The Morgan fingerprint density at radius 3 is 2.43 bits per heavy atom. The maximum absolute atomic E-state index is 13.5. The fourth-order valence-electron chi connectivity index (χ4n) is 3.05. The fraction of sp³-hybridized carbons (Fsp3) is 0.526. The van der Waals surface area contributed by atoms with Crippen molar-refractivity contribution in [1.29, 1.82) is 0 Å². The lowest BCUT2D eigenvalue weighted by atomic mass is 9.93. The Morgan fingerprint density at radius 2 is 1.91 bits per heavy atom. The maximum Gasteiger partial charge on any atom is 0.247 e. The van der Waals surface area contributed by atoms with Crippen molar-refractivity contribution in [3.05, 3.63) is 41.2 Å². The molecular formula is C19H26FNO2. The second kappa shape index (κ2) is 7.26. The van der Waals surface area contributed by atoms with E-state index in [4.69, 9.17) is 4.74 Å². The van der Waals surface area contributed by atoms with E-state index in [2.05, 4.69) is 0 Å². The summed E-state index contributed by atoms with van der Waals surface area (Å²) in [6.45, 7) is 11.0. The lowest BCUT2D eigenvalue weighted by Crippen LogP contribution is -2.52. The van der Waals surface area contributed by atoms with Crippen LogP contribution in [0.3, 0.4) is 0 Å². The molecule has 2 atom stereocenters. The predicted octanol–water partition coefficient (Wildman–Crippen LogP) is 3.81. The molecular weight excluding hydrogens is 293 g/mol. The maximum atomic E-state index is 13.5. The molecule has 23 heavy (non-hydrogen) atoms. The number of benzene rings is 1. The minimum Gasteiger partial charge on any atom is -0.377 e. The highest BCUT2D eigenvalue weighted by atomic mass is 19.1. The van der Waals surface area contributed by atoms with Gasteiger partial charge in [0.25, 0.3) is 0 Å². The van der Waals surface area contributed by atoms with Gasteiger partial charge >= 0.3 is 0 Å². The van der Waals surface area contributed by atoms with Gasteiger partial charge in [-0.1, -0.05) is 19.9 Å². The number of hydrogen-bond donors (Lipinski definition) is 0. The third-order valence-electron chi connectivity index (χ3n) is 4.31. The van der Waals surface area contributed by atoms with Gasteiger partial charge in [0.05, 0.1) is 25.3 Å². The van der Waals surface area contributed by atoms with Crippen LogP contribution in [0.2, 0.25) is 0 Å². The van der Waals surface area contributed by atoms with E-state index in [-0.39, 0.29) is 29.7 Å². The van der Waals surface area contributed by atoms with Crippen molar-refractivity contribution in [3.8, 4) is 0 Å². The summed E-state index contributed by atoms with van der Waals surface area (Å²) in [4.78, 5) is 14.7. The van der Waals surface area contributed by atoms with Gasteiger partial charge in [-0.3, -0.25) is 4.79 Å². The van der Waals surface area contributed by atoms with Crippen LogP contribution in [0.15, 0.2) is 24.3 Å². The molecule has 1 heterocycles. The number of rotatable bonds is 3. The lowest BCUT2D eigenvalue weighted by molar-refractivity contribution is -0.138. The standard InChI is InChI=1S/C19H26FNO2/c1-12(2)17(16-6-7-18(20)13(3)8-16)9-19(22)21-14(4)10-23-11-15(21)5/h6-9,12,14-15H,10-11H2,1-5H3/b17-9+. The van der Waals surface area contributed by atoms with Crippen LogP contribution in [0.1, 0.15) is 38.8 Å². The number of carbonyl (C=O) groups is 1. The lowest BCUT2D eigenvalue weighted by Gasteiger charge is -2.38. The van der Waals surface area contributed by atoms with Gasteiger partial charge in [0.1, 0.15) is 5.82 Å². The van der Waals surface area contributed by atoms with E-state index in [0.717, 1.165) is 11.1 Å². The van der Waals surface area contributed by atoms with Gasteiger partial charge in [-0.25, -0.2) is 4.39 Å². The topological polar surface area (TPSA) is 29.5 Å². The van der Waals surface area contributed by atoms with E-state index in [1.807, 2.05) is 32.6 Å². The number of morpholine rings is 1. The van der Waals surface area contributed by atoms with Crippen LogP contribution < -0.4 is 0 Å². The first-order chi connectivity index (χ1) is 10.8. The number of carbonyl (C=O) groups excluding carboxylic acids is 1. The average Bonchev–Trinajstić information content (AvgIpc) is 2.47. The molecule has 126 valence electrons. The summed E-state index contributed by atoms with van der Waals surface area (Å²) in [6.07, 6.45) is 1.70. The summed E-state index contributed by atoms with van der Waals surface area (Å²) in [5.41, 5.74) is 2.43. The minimum atomic E-state index is -0.224. The molecule has 1 amide bonds. The zero-order valence-corrected chi connectivity index (χ0v) is 14.6. The highest BCUT2D eigenvalue weighted by Crippen LogP contribution is 2.26. The first-order valence-corrected chi connectivity index (χ1v) is 8.19. The number of ether oxygens (including phenoxy) is 1. The fourth-order valence-corrected chi connectivity index (χ4v) is 3.05. The van der Waals surface area contributed by atoms with Crippen LogP contribution in [0, 0.1) is 18.7 Å². The molecule has 1 fully saturated rings. The molecule has 4 heteroatoms. The van der Waals surface area contributed by atoms with E-state index in [0.29, 0.717) is 18.8 Å². The third-order valence-corrected chi connectivity index (χ3v) is 4.31. The average molecular weight is 319 g/mol. The van der Waals surface area contributed by atoms with Crippen molar-refractivity contribution < 1.29 is 13.9 Å². The highest BCUT2D eigenvalue weighted by molar-refractivity contribution is 5.96. The summed E-state index contributed by atoms with van der Waals surface area (Å²) in [5, 5.41) is 0. The minimum absolute atomic E-state index is 0.000946. The van der Waals surface area contributed by atoms with E-state index >= 15 is 0 Å². The Labute approximate surface area is 138 Å². The molecule has 1 aromatic carbocycles. The van der Waals surface area contributed by atoms with Gasteiger partial charge in [0.15, 0.2) is 0 Å². The van der Waals surface area contributed by atoms with E-state index in [1.54, 1.807) is 25.1 Å². The Kier molecular flexibility index (Phi) is 5.58. The molecule has 0 aliphatic carbocycles. The first-order valence-electron chi connectivity index (χ1n) is 8.19. The number of allylic oxidation sites excluding steroid dienone is 1. The molecule has 2 unspecified atom stereocenters. The van der Waals surface area contributed by atoms with E-state index in [9.17, 15) is 9.18 Å². The molecule has 1 saturated heterocycles. The van der Waals surface area contributed by atoms with Crippen molar-refractivity contribution in [2.45, 2.75) is 46.7 Å². The number of aryl methyl sites for hydroxylation is 1. The monoisotopic (exact) mass is 319 g/mol. The van der Waals surface area contributed by atoms with Crippen LogP contribution in [-0.2, 0) is 9.53 Å². The second-order valence-corrected chi connectivity index (χ2v) is 6.70.